The van der Waals surface area contributed by atoms with Crippen LogP contribution in [-0.2, 0) is 14.3 Å². The van der Waals surface area contributed by atoms with Crippen molar-refractivity contribution in [3.05, 3.63) is 0 Å². The van der Waals surface area contributed by atoms with Crippen LogP contribution in [0.1, 0.15) is 0 Å². The summed E-state index contributed by atoms with van der Waals surface area (Å²) in [4.78, 5) is 10.3. The highest BCUT2D eigenvalue weighted by Crippen LogP contribution is 2.22. The zero-order chi connectivity index (χ0) is 17.7. The van der Waals surface area contributed by atoms with Crippen molar-refractivity contribution in [2.75, 3.05) is 13.2 Å². The molecule has 0 radical (unpaired) electrons. The van der Waals surface area contributed by atoms with E-state index < -0.39 is 68.3 Å². The minimum atomic E-state index is -1.96. The molecule has 8 N–H and O–H groups in total. The molecule has 0 aromatic rings. The van der Waals surface area contributed by atoms with Crippen LogP contribution >= 0.6 is 0 Å². The molecular formula is C12H22O11. The fraction of sp³-hybridized carbons (Fsp3) is 0.917. The number of ether oxygens (including phenoxy) is 2. The van der Waals surface area contributed by atoms with Gasteiger partial charge in [-0.2, -0.15) is 0 Å². The van der Waals surface area contributed by atoms with Crippen molar-refractivity contribution < 1.29 is 55.1 Å². The monoisotopic (exact) mass is 342 g/mol. The van der Waals surface area contributed by atoms with Gasteiger partial charge in [0.2, 0.25) is 0 Å². The Labute approximate surface area is 130 Å². The summed E-state index contributed by atoms with van der Waals surface area (Å²) >= 11 is 0. The van der Waals surface area contributed by atoms with Crippen molar-refractivity contribution in [2.24, 2.45) is 0 Å². The Morgan fingerprint density at radius 2 is 1.61 bits per heavy atom. The maximum Gasteiger partial charge on any atom is 0.186 e. The van der Waals surface area contributed by atoms with E-state index in [1.54, 1.807) is 0 Å². The molecule has 11 nitrogen and oxygen atoms in total. The highest BCUT2D eigenvalue weighted by atomic mass is 16.7. The molecule has 1 rings (SSSR count). The number of hydrogen-bond acceptors (Lipinski definition) is 11. The van der Waals surface area contributed by atoms with Crippen LogP contribution < -0.4 is 0 Å². The minimum absolute atomic E-state index is 0.0287. The lowest BCUT2D eigenvalue weighted by Gasteiger charge is -2.40. The molecular weight excluding hydrogens is 320 g/mol. The van der Waals surface area contributed by atoms with Gasteiger partial charge in [0.05, 0.1) is 13.2 Å². The van der Waals surface area contributed by atoms with E-state index in [0.29, 0.717) is 0 Å². The maximum absolute atomic E-state index is 10.3. The van der Waals surface area contributed by atoms with Crippen LogP contribution in [0.25, 0.3) is 0 Å². The number of aldehydes is 1. The average Bonchev–Trinajstić information content (AvgIpc) is 2.56. The van der Waals surface area contributed by atoms with E-state index in [2.05, 4.69) is 0 Å². The molecule has 1 aliphatic rings. The predicted octanol–water partition coefficient (Wildman–Crippen LogP) is -5.55. The van der Waals surface area contributed by atoms with Gasteiger partial charge in [0.1, 0.15) is 48.8 Å². The van der Waals surface area contributed by atoms with E-state index in [4.69, 9.17) is 19.7 Å². The van der Waals surface area contributed by atoms with Crippen LogP contribution in [0, 0.1) is 0 Å². The first-order valence-electron chi connectivity index (χ1n) is 6.84. The van der Waals surface area contributed by atoms with Crippen molar-refractivity contribution >= 4 is 6.29 Å². The van der Waals surface area contributed by atoms with Gasteiger partial charge in [0.25, 0.3) is 0 Å². The lowest BCUT2D eigenvalue weighted by Crippen LogP contribution is -2.59. The van der Waals surface area contributed by atoms with Crippen molar-refractivity contribution in [3.8, 4) is 0 Å². The van der Waals surface area contributed by atoms with Gasteiger partial charge in [0, 0.05) is 0 Å². The highest BCUT2D eigenvalue weighted by Gasteiger charge is 2.44. The second kappa shape index (κ2) is 8.94. The smallest absolute Gasteiger partial charge is 0.186 e. The van der Waals surface area contributed by atoms with Gasteiger partial charge >= 0.3 is 0 Å². The summed E-state index contributed by atoms with van der Waals surface area (Å²) in [5.74, 6) is 0. The fourth-order valence-electron chi connectivity index (χ4n) is 2.01. The first-order chi connectivity index (χ1) is 10.7. The van der Waals surface area contributed by atoms with Crippen LogP contribution in [0.15, 0.2) is 0 Å². The third-order valence-electron chi connectivity index (χ3n) is 3.51. The number of aliphatic hydroxyl groups is 8. The topological polar surface area (TPSA) is 197 Å². The van der Waals surface area contributed by atoms with E-state index in [1.165, 1.54) is 0 Å². The number of carbonyl (C=O) groups excluding carboxylic acids is 1. The molecule has 0 aromatic heterocycles. The molecule has 0 unspecified atom stereocenters. The van der Waals surface area contributed by atoms with Crippen LogP contribution in [0.2, 0.25) is 0 Å². The molecule has 0 aliphatic carbocycles. The summed E-state index contributed by atoms with van der Waals surface area (Å²) < 4.78 is 9.94. The summed E-state index contributed by atoms with van der Waals surface area (Å²) in [5, 5.41) is 75.4. The zero-order valence-corrected chi connectivity index (χ0v) is 12.0. The van der Waals surface area contributed by atoms with E-state index in [9.17, 15) is 35.4 Å². The van der Waals surface area contributed by atoms with Gasteiger partial charge in [-0.15, -0.1) is 0 Å². The Hall–Kier alpha value is -0.730. The standard InChI is InChI=1S/C12H22O11/c13-1-4(15)7(17)8(18)5(16)3-22-12-11(21)10(20)9(19)6(2-14)23-12/h1,4-12,14-21H,2-3H2/t4-,5+,6-,7-,8+,9-,10+,11+,12-/m1/s1. The van der Waals surface area contributed by atoms with E-state index in [1.807, 2.05) is 0 Å². The number of carbonyl (C=O) groups is 1. The molecule has 11 heteroatoms. The van der Waals surface area contributed by atoms with Crippen LogP contribution in [0.4, 0.5) is 0 Å². The molecule has 1 heterocycles. The van der Waals surface area contributed by atoms with E-state index >= 15 is 0 Å². The molecule has 0 spiro atoms. The van der Waals surface area contributed by atoms with Gasteiger partial charge < -0.3 is 55.1 Å². The van der Waals surface area contributed by atoms with Gasteiger partial charge in [-0.25, -0.2) is 0 Å². The van der Waals surface area contributed by atoms with Gasteiger partial charge in [-0.3, -0.25) is 0 Å². The molecule has 0 amide bonds. The quantitative estimate of drug-likeness (QED) is 0.196. The Bertz CT molecular complexity index is 365. The summed E-state index contributed by atoms with van der Waals surface area (Å²) in [6.07, 6.45) is -15.3. The first-order valence-corrected chi connectivity index (χ1v) is 6.84. The SMILES string of the molecule is O=C[C@@H](O)[C@@H](O)[C@@H](O)[C@@H](O)CO[C@@H]1O[C@H](CO)[C@@H](O)[C@H](O)[C@@H]1O. The summed E-state index contributed by atoms with van der Waals surface area (Å²) in [5.41, 5.74) is 0. The van der Waals surface area contributed by atoms with Crippen molar-refractivity contribution in [1.82, 2.24) is 0 Å². The molecule has 1 fully saturated rings. The van der Waals surface area contributed by atoms with E-state index in [-0.39, 0.29) is 6.29 Å². The summed E-state index contributed by atoms with van der Waals surface area (Å²) in [6, 6.07) is 0. The molecule has 0 bridgehead atoms. The van der Waals surface area contributed by atoms with Gasteiger partial charge in [-0.1, -0.05) is 0 Å². The molecule has 9 atom stereocenters. The Morgan fingerprint density at radius 3 is 2.13 bits per heavy atom. The number of aliphatic hydroxyl groups excluding tert-OH is 8. The maximum atomic E-state index is 10.3. The third-order valence-corrected chi connectivity index (χ3v) is 3.51. The molecule has 1 aliphatic heterocycles. The largest absolute Gasteiger partial charge is 0.394 e. The zero-order valence-electron chi connectivity index (χ0n) is 12.0. The van der Waals surface area contributed by atoms with Crippen LogP contribution in [-0.4, -0.2) is 115 Å². The predicted molar refractivity (Wildman–Crippen MR) is 69.8 cm³/mol. The number of hydrogen-bond donors (Lipinski definition) is 8. The lowest BCUT2D eigenvalue weighted by molar-refractivity contribution is -0.306. The molecule has 1 saturated heterocycles. The molecule has 0 aromatic carbocycles. The summed E-state index contributed by atoms with van der Waals surface area (Å²) in [7, 11) is 0. The average molecular weight is 342 g/mol. The molecule has 136 valence electrons. The van der Waals surface area contributed by atoms with E-state index in [0.717, 1.165) is 0 Å². The van der Waals surface area contributed by atoms with Crippen LogP contribution in [0.3, 0.4) is 0 Å². The Balaban J connectivity index is 2.57. The third kappa shape index (κ3) is 4.87. The molecule has 23 heavy (non-hydrogen) atoms. The second-order valence-corrected chi connectivity index (χ2v) is 5.21. The normalized spacial score (nSPS) is 37.0. The summed E-state index contributed by atoms with van der Waals surface area (Å²) in [6.45, 7) is -1.37. The van der Waals surface area contributed by atoms with Crippen molar-refractivity contribution in [1.29, 1.82) is 0 Å². The van der Waals surface area contributed by atoms with Gasteiger partial charge in [0.15, 0.2) is 12.6 Å². The second-order valence-electron chi connectivity index (χ2n) is 5.21. The Morgan fingerprint density at radius 1 is 1.00 bits per heavy atom. The van der Waals surface area contributed by atoms with Crippen molar-refractivity contribution in [3.63, 3.8) is 0 Å². The van der Waals surface area contributed by atoms with Crippen LogP contribution in [0.5, 0.6) is 0 Å². The first kappa shape index (κ1) is 20.3. The fourth-order valence-corrected chi connectivity index (χ4v) is 2.01. The lowest BCUT2D eigenvalue weighted by atomic mass is 9.99. The van der Waals surface area contributed by atoms with Gasteiger partial charge in [-0.05, 0) is 0 Å². The minimum Gasteiger partial charge on any atom is -0.394 e. The number of rotatable bonds is 8. The van der Waals surface area contributed by atoms with Crippen molar-refractivity contribution in [2.45, 2.75) is 55.1 Å². The molecule has 0 saturated carbocycles. The highest BCUT2D eigenvalue weighted by molar-refractivity contribution is 5.56. The Kier molecular flexibility index (Phi) is 7.89.